The Kier molecular flexibility index (Phi) is 5.77. The molecule has 0 aliphatic carbocycles. The third-order valence-corrected chi connectivity index (χ3v) is 7.58. The Balaban J connectivity index is 1.73. The Hall–Kier alpha value is -3.74. The smallest absolute Gasteiger partial charge is 0.338 e. The number of nitriles is 1. The van der Waals surface area contributed by atoms with E-state index in [9.17, 15) is 14.9 Å². The molecular formula is C25H20N4O3S2. The van der Waals surface area contributed by atoms with Crippen molar-refractivity contribution in [2.75, 3.05) is 6.61 Å². The summed E-state index contributed by atoms with van der Waals surface area (Å²) in [6.45, 7) is 3.99. The number of fused-ring (bicyclic) bond motifs is 2. The van der Waals surface area contributed by atoms with Crippen LogP contribution in [-0.2, 0) is 16.1 Å². The molecule has 0 fully saturated rings. The molecule has 5 rings (SSSR count). The minimum absolute atomic E-state index is 0.214. The highest BCUT2D eigenvalue weighted by molar-refractivity contribution is 7.10. The maximum Gasteiger partial charge on any atom is 0.338 e. The first kappa shape index (κ1) is 22.1. The zero-order chi connectivity index (χ0) is 23.8. The quantitative estimate of drug-likeness (QED) is 0.403. The first-order valence-corrected chi connectivity index (χ1v) is 12.4. The van der Waals surface area contributed by atoms with Crippen molar-refractivity contribution in [3.8, 4) is 6.07 Å². The predicted octanol–water partition coefficient (Wildman–Crippen LogP) is 3.34. The van der Waals surface area contributed by atoms with Crippen LogP contribution >= 0.6 is 22.7 Å². The molecule has 4 aromatic rings. The summed E-state index contributed by atoms with van der Waals surface area (Å²) < 4.78 is 9.29. The lowest BCUT2D eigenvalue weighted by Crippen LogP contribution is -2.39. The summed E-state index contributed by atoms with van der Waals surface area (Å²) in [7, 11) is 0. The Labute approximate surface area is 202 Å². The lowest BCUT2D eigenvalue weighted by molar-refractivity contribution is -0.139. The van der Waals surface area contributed by atoms with Crippen molar-refractivity contribution in [2.45, 2.75) is 26.4 Å². The number of para-hydroxylation sites is 1. The third kappa shape index (κ3) is 3.61. The molecule has 1 atom stereocenters. The second-order valence-electron chi connectivity index (χ2n) is 7.71. The van der Waals surface area contributed by atoms with Crippen molar-refractivity contribution >= 4 is 45.6 Å². The summed E-state index contributed by atoms with van der Waals surface area (Å²) in [6.07, 6.45) is 3.73. The molecule has 0 amide bonds. The van der Waals surface area contributed by atoms with Crippen LogP contribution in [0, 0.1) is 11.3 Å². The number of rotatable bonds is 5. The first-order chi connectivity index (χ1) is 16.5. The number of nitrogens with zero attached hydrogens (tertiary/aromatic N) is 4. The summed E-state index contributed by atoms with van der Waals surface area (Å²) >= 11 is 2.78. The van der Waals surface area contributed by atoms with Gasteiger partial charge in [-0.15, -0.1) is 11.3 Å². The highest BCUT2D eigenvalue weighted by Crippen LogP contribution is 2.33. The van der Waals surface area contributed by atoms with Crippen molar-refractivity contribution in [2.24, 2.45) is 4.99 Å². The highest BCUT2D eigenvalue weighted by Gasteiger charge is 2.33. The zero-order valence-electron chi connectivity index (χ0n) is 18.5. The van der Waals surface area contributed by atoms with Crippen LogP contribution in [0.3, 0.4) is 0 Å². The lowest BCUT2D eigenvalue weighted by Gasteiger charge is -2.23. The number of thiazole rings is 1. The van der Waals surface area contributed by atoms with Crippen LogP contribution in [0.2, 0.25) is 0 Å². The first-order valence-electron chi connectivity index (χ1n) is 10.7. The monoisotopic (exact) mass is 488 g/mol. The average molecular weight is 489 g/mol. The number of benzene rings is 1. The molecule has 3 aromatic heterocycles. The number of aromatic nitrogens is 2. The van der Waals surface area contributed by atoms with Crippen LogP contribution < -0.4 is 14.9 Å². The SMILES string of the molecule is CCOC(=O)C1=C(C)N=c2s/c(=C\c3cn(CC#N)c4ccccc34)c(=O)n2[C@H]1c1cccs1. The number of hydrogen-bond donors (Lipinski definition) is 0. The number of ether oxygens (including phenoxy) is 1. The van der Waals surface area contributed by atoms with E-state index in [0.29, 0.717) is 20.6 Å². The number of allylic oxidation sites excluding steroid dienone is 1. The topological polar surface area (TPSA) is 89.4 Å². The number of hydrogen-bond acceptors (Lipinski definition) is 7. The molecular weight excluding hydrogens is 468 g/mol. The Bertz CT molecular complexity index is 1660. The molecule has 170 valence electrons. The molecule has 34 heavy (non-hydrogen) atoms. The molecule has 0 N–H and O–H groups in total. The van der Waals surface area contributed by atoms with Crippen molar-refractivity contribution in [1.82, 2.24) is 9.13 Å². The van der Waals surface area contributed by atoms with E-state index in [-0.39, 0.29) is 18.7 Å². The van der Waals surface area contributed by atoms with Gasteiger partial charge in [0.05, 0.1) is 28.5 Å². The van der Waals surface area contributed by atoms with Gasteiger partial charge >= 0.3 is 5.97 Å². The number of carbonyl (C=O) groups excluding carboxylic acids is 1. The van der Waals surface area contributed by atoms with Crippen LogP contribution in [0.1, 0.15) is 30.3 Å². The fourth-order valence-corrected chi connectivity index (χ4v) is 6.11. The molecule has 7 nitrogen and oxygen atoms in total. The summed E-state index contributed by atoms with van der Waals surface area (Å²) in [6, 6.07) is 13.2. The minimum Gasteiger partial charge on any atom is -0.463 e. The third-order valence-electron chi connectivity index (χ3n) is 5.68. The van der Waals surface area contributed by atoms with E-state index < -0.39 is 12.0 Å². The molecule has 9 heteroatoms. The minimum atomic E-state index is -0.586. The van der Waals surface area contributed by atoms with Crippen molar-refractivity contribution < 1.29 is 9.53 Å². The van der Waals surface area contributed by atoms with Crippen LogP contribution in [-0.4, -0.2) is 21.7 Å². The van der Waals surface area contributed by atoms with E-state index in [1.54, 1.807) is 18.4 Å². The Morgan fingerprint density at radius 1 is 1.29 bits per heavy atom. The van der Waals surface area contributed by atoms with Gasteiger partial charge in [0.15, 0.2) is 4.80 Å². The van der Waals surface area contributed by atoms with Gasteiger partial charge in [0.2, 0.25) is 0 Å². The van der Waals surface area contributed by atoms with Crippen molar-refractivity contribution in [3.63, 3.8) is 0 Å². The standard InChI is InChI=1S/C25H20N4O3S2/c1-3-32-24(31)21-15(2)27-25-29(22(21)19-9-6-12-33-19)23(30)20(34-25)13-16-14-28(11-10-26)18-8-5-4-7-17(16)18/h4-9,12-14,22H,3,11H2,1-2H3/b20-13-/t22-/m0/s1. The molecule has 1 aliphatic heterocycles. The van der Waals surface area contributed by atoms with E-state index in [1.165, 1.54) is 22.7 Å². The van der Waals surface area contributed by atoms with E-state index >= 15 is 0 Å². The molecule has 0 saturated heterocycles. The van der Waals surface area contributed by atoms with Gasteiger partial charge in [-0.05, 0) is 37.4 Å². The van der Waals surface area contributed by atoms with Gasteiger partial charge < -0.3 is 9.30 Å². The predicted molar refractivity (Wildman–Crippen MR) is 132 cm³/mol. The Morgan fingerprint density at radius 2 is 2.12 bits per heavy atom. The van der Waals surface area contributed by atoms with E-state index in [1.807, 2.05) is 58.6 Å². The second kappa shape index (κ2) is 8.89. The van der Waals surface area contributed by atoms with Crippen molar-refractivity contribution in [3.05, 3.63) is 89.4 Å². The molecule has 0 saturated carbocycles. The maximum absolute atomic E-state index is 13.7. The largest absolute Gasteiger partial charge is 0.463 e. The molecule has 1 aromatic carbocycles. The maximum atomic E-state index is 13.7. The van der Waals surface area contributed by atoms with Crippen LogP contribution in [0.15, 0.2) is 69.0 Å². The second-order valence-corrected chi connectivity index (χ2v) is 9.69. The van der Waals surface area contributed by atoms with Crippen LogP contribution in [0.5, 0.6) is 0 Å². The summed E-state index contributed by atoms with van der Waals surface area (Å²) in [4.78, 5) is 32.6. The van der Waals surface area contributed by atoms with Gasteiger partial charge in [0.1, 0.15) is 12.6 Å². The zero-order valence-corrected chi connectivity index (χ0v) is 20.2. The van der Waals surface area contributed by atoms with Gasteiger partial charge in [0, 0.05) is 27.5 Å². The van der Waals surface area contributed by atoms with Crippen molar-refractivity contribution in [1.29, 1.82) is 5.26 Å². The normalized spacial score (nSPS) is 15.8. The molecule has 4 heterocycles. The van der Waals surface area contributed by atoms with Crippen LogP contribution in [0.4, 0.5) is 0 Å². The lowest BCUT2D eigenvalue weighted by atomic mass is 10.0. The van der Waals surface area contributed by atoms with E-state index in [4.69, 9.17) is 4.74 Å². The van der Waals surface area contributed by atoms with Gasteiger partial charge in [-0.25, -0.2) is 9.79 Å². The Morgan fingerprint density at radius 3 is 2.85 bits per heavy atom. The van der Waals surface area contributed by atoms with Gasteiger partial charge in [0.25, 0.3) is 5.56 Å². The van der Waals surface area contributed by atoms with Gasteiger partial charge in [-0.2, -0.15) is 5.26 Å². The fourth-order valence-electron chi connectivity index (χ4n) is 4.25. The fraction of sp³-hybridized carbons (Fsp3) is 0.200. The summed E-state index contributed by atoms with van der Waals surface area (Å²) in [5, 5.41) is 12.1. The highest BCUT2D eigenvalue weighted by atomic mass is 32.1. The summed E-state index contributed by atoms with van der Waals surface area (Å²) in [5.74, 6) is -0.462. The molecule has 1 aliphatic rings. The average Bonchev–Trinajstić information content (AvgIpc) is 3.54. The molecule has 0 bridgehead atoms. The molecule has 0 spiro atoms. The summed E-state index contributed by atoms with van der Waals surface area (Å²) in [5.41, 5.74) is 2.50. The molecule has 0 unspecified atom stereocenters. The number of carbonyl (C=O) groups is 1. The van der Waals surface area contributed by atoms with Gasteiger partial charge in [-0.3, -0.25) is 9.36 Å². The van der Waals surface area contributed by atoms with Gasteiger partial charge in [-0.1, -0.05) is 35.6 Å². The van der Waals surface area contributed by atoms with E-state index in [0.717, 1.165) is 21.3 Å². The number of thiophene rings is 1. The molecule has 0 radical (unpaired) electrons. The number of esters is 1. The van der Waals surface area contributed by atoms with Crippen LogP contribution in [0.25, 0.3) is 17.0 Å². The van der Waals surface area contributed by atoms with E-state index in [2.05, 4.69) is 11.1 Å².